The third kappa shape index (κ3) is 11.7. The molecule has 0 aromatic heterocycles. The third-order valence-corrected chi connectivity index (χ3v) is 6.27. The van der Waals surface area contributed by atoms with E-state index in [1.165, 1.54) is 11.8 Å². The lowest BCUT2D eigenvalue weighted by Crippen LogP contribution is -2.58. The fraction of sp³-hybridized carbons (Fsp3) is 0.818. The minimum atomic E-state index is -1.13. The van der Waals surface area contributed by atoms with Gasteiger partial charge in [-0.05, 0) is 56.1 Å². The molecule has 0 rings (SSSR count). The van der Waals surface area contributed by atoms with Crippen molar-refractivity contribution in [3.05, 3.63) is 0 Å². The predicted octanol–water partition coefficient (Wildman–Crippen LogP) is 0.437. The molecular weight excluding hydrogens is 446 g/mol. The molecule has 0 spiro atoms. The van der Waals surface area contributed by atoms with Gasteiger partial charge in [-0.25, -0.2) is 4.79 Å². The zero-order chi connectivity index (χ0) is 25.6. The molecule has 192 valence electrons. The Morgan fingerprint density at radius 1 is 0.909 bits per heavy atom. The van der Waals surface area contributed by atoms with Crippen molar-refractivity contribution in [1.82, 2.24) is 16.0 Å². The van der Waals surface area contributed by atoms with Crippen molar-refractivity contribution >= 4 is 35.5 Å². The van der Waals surface area contributed by atoms with Gasteiger partial charge in [-0.15, -0.1) is 0 Å². The molecule has 0 saturated carbocycles. The number of thioether (sulfide) groups is 1. The van der Waals surface area contributed by atoms with Gasteiger partial charge in [0.25, 0.3) is 0 Å². The van der Waals surface area contributed by atoms with E-state index in [4.69, 9.17) is 11.5 Å². The Morgan fingerprint density at radius 2 is 1.45 bits per heavy atom. The van der Waals surface area contributed by atoms with Gasteiger partial charge in [0.05, 0.1) is 6.04 Å². The summed E-state index contributed by atoms with van der Waals surface area (Å²) < 4.78 is 0. The summed E-state index contributed by atoms with van der Waals surface area (Å²) in [5, 5.41) is 17.5. The Bertz CT molecular complexity index is 634. The highest BCUT2D eigenvalue weighted by atomic mass is 32.2. The van der Waals surface area contributed by atoms with Crippen LogP contribution in [-0.2, 0) is 19.2 Å². The SMILES string of the molecule is CCC(C)C(NC(=O)C(CCCCN)NC(=O)C(CCSC)NC(=O)C(N)C(C)C)C(=O)O. The minimum Gasteiger partial charge on any atom is -0.480 e. The summed E-state index contributed by atoms with van der Waals surface area (Å²) in [5.41, 5.74) is 11.5. The van der Waals surface area contributed by atoms with Crippen molar-refractivity contribution < 1.29 is 24.3 Å². The highest BCUT2D eigenvalue weighted by Crippen LogP contribution is 2.11. The largest absolute Gasteiger partial charge is 0.480 e. The summed E-state index contributed by atoms with van der Waals surface area (Å²) in [6.07, 6.45) is 4.36. The van der Waals surface area contributed by atoms with E-state index in [-0.39, 0.29) is 11.8 Å². The van der Waals surface area contributed by atoms with Crippen molar-refractivity contribution in [1.29, 1.82) is 0 Å². The maximum Gasteiger partial charge on any atom is 0.326 e. The minimum absolute atomic E-state index is 0.0995. The van der Waals surface area contributed by atoms with Gasteiger partial charge in [-0.3, -0.25) is 14.4 Å². The molecule has 33 heavy (non-hydrogen) atoms. The number of nitrogens with two attached hydrogens (primary N) is 2. The number of hydrogen-bond donors (Lipinski definition) is 6. The molecule has 0 fully saturated rings. The van der Waals surface area contributed by atoms with E-state index in [9.17, 15) is 24.3 Å². The molecule has 5 atom stereocenters. The molecule has 0 radical (unpaired) electrons. The lowest BCUT2D eigenvalue weighted by molar-refractivity contribution is -0.144. The summed E-state index contributed by atoms with van der Waals surface area (Å²) in [7, 11) is 0. The van der Waals surface area contributed by atoms with Crippen LogP contribution in [0.4, 0.5) is 0 Å². The fourth-order valence-corrected chi connectivity index (χ4v) is 3.52. The number of amides is 3. The third-order valence-electron chi connectivity index (χ3n) is 5.62. The van der Waals surface area contributed by atoms with E-state index in [0.717, 1.165) is 0 Å². The van der Waals surface area contributed by atoms with Crippen molar-refractivity contribution in [3.63, 3.8) is 0 Å². The molecule has 0 saturated heterocycles. The molecule has 0 aliphatic carbocycles. The molecular formula is C22H43N5O5S. The Kier molecular flexibility index (Phi) is 15.8. The standard InChI is InChI=1S/C22H43N5O5S/c1-6-14(4)18(22(31)32)27-20(29)15(9-7-8-11-23)25-19(28)16(10-12-33-5)26-21(30)17(24)13(2)3/h13-18H,6-12,23-24H2,1-5H3,(H,25,28)(H,26,30)(H,27,29)(H,31,32). The molecule has 0 heterocycles. The topological polar surface area (TPSA) is 177 Å². The van der Waals surface area contributed by atoms with Gasteiger partial charge in [0.1, 0.15) is 18.1 Å². The van der Waals surface area contributed by atoms with E-state index in [2.05, 4.69) is 16.0 Å². The van der Waals surface area contributed by atoms with E-state index in [0.29, 0.717) is 44.4 Å². The quantitative estimate of drug-likeness (QED) is 0.159. The maximum absolute atomic E-state index is 13.0. The van der Waals surface area contributed by atoms with Gasteiger partial charge in [0, 0.05) is 0 Å². The monoisotopic (exact) mass is 489 g/mol. The summed E-state index contributed by atoms with van der Waals surface area (Å²) >= 11 is 1.53. The number of carboxylic acids is 1. The average Bonchev–Trinajstić information content (AvgIpc) is 2.77. The number of carbonyl (C=O) groups excluding carboxylic acids is 3. The molecule has 8 N–H and O–H groups in total. The van der Waals surface area contributed by atoms with Crippen LogP contribution in [0.2, 0.25) is 0 Å². The number of carboxylic acid groups (broad SMARTS) is 1. The molecule has 0 aromatic carbocycles. The summed E-state index contributed by atoms with van der Waals surface area (Å²) in [6, 6.07) is -3.62. The van der Waals surface area contributed by atoms with Crippen molar-refractivity contribution in [3.8, 4) is 0 Å². The molecule has 0 aliphatic rings. The highest BCUT2D eigenvalue weighted by molar-refractivity contribution is 7.98. The molecule has 0 aliphatic heterocycles. The van der Waals surface area contributed by atoms with E-state index in [1.54, 1.807) is 6.92 Å². The Hall–Kier alpha value is -1.85. The van der Waals surface area contributed by atoms with Crippen molar-refractivity contribution in [2.24, 2.45) is 23.3 Å². The summed E-state index contributed by atoms with van der Waals surface area (Å²) in [4.78, 5) is 50.0. The molecule has 5 unspecified atom stereocenters. The van der Waals surface area contributed by atoms with Crippen LogP contribution in [0.25, 0.3) is 0 Å². The second kappa shape index (κ2) is 16.7. The van der Waals surface area contributed by atoms with Crippen LogP contribution >= 0.6 is 11.8 Å². The van der Waals surface area contributed by atoms with E-state index < -0.39 is 47.9 Å². The van der Waals surface area contributed by atoms with Gasteiger partial charge in [-0.2, -0.15) is 11.8 Å². The summed E-state index contributed by atoms with van der Waals surface area (Å²) in [6.45, 7) is 7.65. The number of hydrogen-bond acceptors (Lipinski definition) is 7. The predicted molar refractivity (Wildman–Crippen MR) is 132 cm³/mol. The van der Waals surface area contributed by atoms with Gasteiger partial charge >= 0.3 is 5.97 Å². The molecule has 0 bridgehead atoms. The van der Waals surface area contributed by atoms with E-state index >= 15 is 0 Å². The van der Waals surface area contributed by atoms with Gasteiger partial charge in [0.15, 0.2) is 0 Å². The normalized spacial score (nSPS) is 15.8. The first-order valence-corrected chi connectivity index (χ1v) is 13.0. The first-order valence-electron chi connectivity index (χ1n) is 11.6. The van der Waals surface area contributed by atoms with Crippen LogP contribution < -0.4 is 27.4 Å². The van der Waals surface area contributed by atoms with Crippen molar-refractivity contribution in [2.75, 3.05) is 18.6 Å². The van der Waals surface area contributed by atoms with Crippen LogP contribution in [-0.4, -0.2) is 71.5 Å². The lowest BCUT2D eigenvalue weighted by atomic mass is 9.98. The fourth-order valence-electron chi connectivity index (χ4n) is 3.05. The smallest absolute Gasteiger partial charge is 0.326 e. The highest BCUT2D eigenvalue weighted by Gasteiger charge is 2.31. The number of nitrogens with one attached hydrogen (secondary N) is 3. The molecule has 0 aromatic rings. The number of aliphatic carboxylic acids is 1. The first-order chi connectivity index (χ1) is 15.5. The Morgan fingerprint density at radius 3 is 1.94 bits per heavy atom. The van der Waals surface area contributed by atoms with Crippen LogP contribution in [0.15, 0.2) is 0 Å². The van der Waals surface area contributed by atoms with Crippen LogP contribution in [0.5, 0.6) is 0 Å². The van der Waals surface area contributed by atoms with Gasteiger partial charge in [-0.1, -0.05) is 34.1 Å². The number of rotatable bonds is 17. The second-order valence-electron chi connectivity index (χ2n) is 8.67. The summed E-state index contributed by atoms with van der Waals surface area (Å²) in [5.74, 6) is -2.39. The average molecular weight is 490 g/mol. The van der Waals surface area contributed by atoms with Crippen LogP contribution in [0.3, 0.4) is 0 Å². The second-order valence-corrected chi connectivity index (χ2v) is 9.65. The number of unbranched alkanes of at least 4 members (excludes halogenated alkanes) is 1. The Labute approximate surface area is 201 Å². The molecule has 11 heteroatoms. The van der Waals surface area contributed by atoms with Crippen LogP contribution in [0.1, 0.15) is 59.8 Å². The zero-order valence-electron chi connectivity index (χ0n) is 20.6. The first kappa shape index (κ1) is 31.1. The maximum atomic E-state index is 13.0. The lowest BCUT2D eigenvalue weighted by Gasteiger charge is -2.27. The van der Waals surface area contributed by atoms with Crippen LogP contribution in [0, 0.1) is 11.8 Å². The molecule has 10 nitrogen and oxygen atoms in total. The molecule has 3 amide bonds. The van der Waals surface area contributed by atoms with E-state index in [1.807, 2.05) is 27.0 Å². The van der Waals surface area contributed by atoms with Gasteiger partial charge < -0.3 is 32.5 Å². The van der Waals surface area contributed by atoms with Crippen molar-refractivity contribution in [2.45, 2.75) is 84.0 Å². The Balaban J connectivity index is 5.52. The zero-order valence-corrected chi connectivity index (χ0v) is 21.4. The van der Waals surface area contributed by atoms with Gasteiger partial charge in [0.2, 0.25) is 17.7 Å². The number of carbonyl (C=O) groups is 4.